The largest absolute Gasteiger partial charge is 0.463 e. The molecule has 4 nitrogen and oxygen atoms in total. The van der Waals surface area contributed by atoms with Crippen molar-refractivity contribution >= 4 is 22.9 Å². The normalized spacial score (nSPS) is 18.6. The lowest BCUT2D eigenvalue weighted by Crippen LogP contribution is -2.36. The summed E-state index contributed by atoms with van der Waals surface area (Å²) < 4.78 is 5.22. The highest BCUT2D eigenvalue weighted by Crippen LogP contribution is 2.36. The summed E-state index contributed by atoms with van der Waals surface area (Å²) >= 11 is 1.57. The smallest absolute Gasteiger partial charge is 0.338 e. The highest BCUT2D eigenvalue weighted by Gasteiger charge is 2.34. The van der Waals surface area contributed by atoms with Crippen molar-refractivity contribution in [2.75, 3.05) is 19.9 Å². The van der Waals surface area contributed by atoms with Crippen molar-refractivity contribution in [1.82, 2.24) is 4.90 Å². The number of carbonyl (C=O) groups excluding carboxylic acids is 1. The van der Waals surface area contributed by atoms with Crippen molar-refractivity contribution in [2.45, 2.75) is 19.9 Å². The zero-order chi connectivity index (χ0) is 15.4. The number of benzene rings is 1. The van der Waals surface area contributed by atoms with Gasteiger partial charge in [-0.2, -0.15) is 0 Å². The van der Waals surface area contributed by atoms with E-state index in [1.165, 1.54) is 0 Å². The number of rotatable bonds is 3. The van der Waals surface area contributed by atoms with E-state index in [4.69, 9.17) is 4.74 Å². The first-order chi connectivity index (χ1) is 10.1. The second kappa shape index (κ2) is 6.80. The second-order valence-electron chi connectivity index (χ2n) is 4.74. The summed E-state index contributed by atoms with van der Waals surface area (Å²) in [5.41, 5.74) is 2.40. The number of carbonyl (C=O) groups is 1. The van der Waals surface area contributed by atoms with Gasteiger partial charge in [0.15, 0.2) is 5.17 Å². The predicted octanol–water partition coefficient (Wildman–Crippen LogP) is 3.23. The third kappa shape index (κ3) is 3.13. The second-order valence-corrected chi connectivity index (χ2v) is 5.52. The van der Waals surface area contributed by atoms with Gasteiger partial charge < -0.3 is 9.64 Å². The molecule has 0 aliphatic carbocycles. The molecule has 0 radical (unpaired) electrons. The van der Waals surface area contributed by atoms with Crippen molar-refractivity contribution in [2.24, 2.45) is 4.99 Å². The molecule has 112 valence electrons. The summed E-state index contributed by atoms with van der Waals surface area (Å²) in [6.07, 6.45) is 1.99. The lowest BCUT2D eigenvalue weighted by molar-refractivity contribution is -0.139. The van der Waals surface area contributed by atoms with Crippen LogP contribution in [-0.2, 0) is 9.53 Å². The first-order valence-electron chi connectivity index (χ1n) is 6.88. The van der Waals surface area contributed by atoms with Crippen LogP contribution in [0.2, 0.25) is 0 Å². The van der Waals surface area contributed by atoms with Crippen LogP contribution in [0.4, 0.5) is 0 Å². The highest BCUT2D eigenvalue weighted by atomic mass is 32.2. The van der Waals surface area contributed by atoms with Crippen LogP contribution in [0, 0.1) is 0 Å². The number of allylic oxidation sites excluding steroid dienone is 1. The van der Waals surface area contributed by atoms with Crippen LogP contribution in [0.3, 0.4) is 0 Å². The minimum absolute atomic E-state index is 0.162. The molecule has 5 heteroatoms. The molecule has 0 bridgehead atoms. The quantitative estimate of drug-likeness (QED) is 0.804. The number of thioether (sulfide) groups is 1. The van der Waals surface area contributed by atoms with E-state index < -0.39 is 0 Å². The standard InChI is InChI=1S/C16H20N2O2S/c1-5-20-15(19)13-11(2)17-16(21-4)18(3)14(13)12-9-7-6-8-10-12/h6-10,14H,5H2,1-4H3/t14-/m0/s1. The van der Waals surface area contributed by atoms with Crippen molar-refractivity contribution in [1.29, 1.82) is 0 Å². The molecule has 2 rings (SSSR count). The van der Waals surface area contributed by atoms with E-state index in [1.54, 1.807) is 11.8 Å². The maximum absolute atomic E-state index is 12.3. The fourth-order valence-corrected chi connectivity index (χ4v) is 3.09. The fraction of sp³-hybridized carbons (Fsp3) is 0.375. The minimum Gasteiger partial charge on any atom is -0.463 e. The maximum atomic E-state index is 12.3. The summed E-state index contributed by atoms with van der Waals surface area (Å²) in [6, 6.07) is 9.81. The van der Waals surface area contributed by atoms with E-state index in [-0.39, 0.29) is 12.0 Å². The zero-order valence-corrected chi connectivity index (χ0v) is 13.6. The van der Waals surface area contributed by atoms with Crippen LogP contribution in [0.5, 0.6) is 0 Å². The topological polar surface area (TPSA) is 41.9 Å². The Balaban J connectivity index is 2.53. The molecule has 0 saturated carbocycles. The summed E-state index contributed by atoms with van der Waals surface area (Å²) in [4.78, 5) is 18.9. The molecule has 0 fully saturated rings. The average molecular weight is 304 g/mol. The Labute approximate surface area is 129 Å². The summed E-state index contributed by atoms with van der Waals surface area (Å²) in [5.74, 6) is -0.292. The SMILES string of the molecule is CCOC(=O)C1=C(C)N=C(SC)N(C)[C@H]1c1ccccc1. The van der Waals surface area contributed by atoms with E-state index in [1.807, 2.05) is 62.4 Å². The number of esters is 1. The van der Waals surface area contributed by atoms with Gasteiger partial charge in [0.2, 0.25) is 0 Å². The van der Waals surface area contributed by atoms with Crippen LogP contribution in [-0.4, -0.2) is 35.9 Å². The third-order valence-corrected chi connectivity index (χ3v) is 4.15. The van der Waals surface area contributed by atoms with Crippen molar-refractivity contribution in [3.05, 3.63) is 47.2 Å². The minimum atomic E-state index is -0.292. The van der Waals surface area contributed by atoms with E-state index in [0.717, 1.165) is 16.4 Å². The van der Waals surface area contributed by atoms with Crippen LogP contribution in [0.15, 0.2) is 46.6 Å². The lowest BCUT2D eigenvalue weighted by Gasteiger charge is -2.35. The van der Waals surface area contributed by atoms with Crippen LogP contribution in [0.1, 0.15) is 25.5 Å². The monoisotopic (exact) mass is 304 g/mol. The van der Waals surface area contributed by atoms with Gasteiger partial charge >= 0.3 is 5.97 Å². The molecular weight excluding hydrogens is 284 g/mol. The van der Waals surface area contributed by atoms with Gasteiger partial charge in [0.1, 0.15) is 0 Å². The van der Waals surface area contributed by atoms with Gasteiger partial charge in [-0.3, -0.25) is 0 Å². The molecule has 0 aromatic heterocycles. The number of aliphatic imine (C=N–C) groups is 1. The number of likely N-dealkylation sites (N-methyl/N-ethyl adjacent to an activating group) is 1. The fourth-order valence-electron chi connectivity index (χ4n) is 2.47. The third-order valence-electron chi connectivity index (χ3n) is 3.41. The van der Waals surface area contributed by atoms with Gasteiger partial charge in [0.25, 0.3) is 0 Å². The number of amidine groups is 1. The zero-order valence-electron chi connectivity index (χ0n) is 12.8. The van der Waals surface area contributed by atoms with Crippen molar-refractivity contribution in [3.8, 4) is 0 Å². The molecule has 0 N–H and O–H groups in total. The summed E-state index contributed by atoms with van der Waals surface area (Å²) in [5, 5.41) is 0.898. The Morgan fingerprint density at radius 2 is 2.05 bits per heavy atom. The van der Waals surface area contributed by atoms with E-state index in [0.29, 0.717) is 12.2 Å². The molecule has 1 atom stereocenters. The van der Waals surface area contributed by atoms with E-state index in [2.05, 4.69) is 4.99 Å². The number of hydrogen-bond acceptors (Lipinski definition) is 5. The number of ether oxygens (including phenoxy) is 1. The molecule has 0 unspecified atom stereocenters. The molecule has 0 saturated heterocycles. The van der Waals surface area contributed by atoms with E-state index >= 15 is 0 Å². The summed E-state index contributed by atoms with van der Waals surface area (Å²) in [6.45, 7) is 4.04. The van der Waals surface area contributed by atoms with Gasteiger partial charge in [-0.1, -0.05) is 42.1 Å². The van der Waals surface area contributed by atoms with Crippen LogP contribution in [0.25, 0.3) is 0 Å². The molecule has 0 spiro atoms. The lowest BCUT2D eigenvalue weighted by atomic mass is 9.95. The number of nitrogens with zero attached hydrogens (tertiary/aromatic N) is 2. The Bertz CT molecular complexity index is 581. The first kappa shape index (κ1) is 15.6. The molecule has 1 aromatic rings. The number of hydrogen-bond donors (Lipinski definition) is 0. The van der Waals surface area contributed by atoms with E-state index in [9.17, 15) is 4.79 Å². The molecular formula is C16H20N2O2S. The summed E-state index contributed by atoms with van der Waals surface area (Å²) in [7, 11) is 1.96. The van der Waals surface area contributed by atoms with Crippen molar-refractivity contribution in [3.63, 3.8) is 0 Å². The van der Waals surface area contributed by atoms with Gasteiger partial charge in [-0.25, -0.2) is 9.79 Å². The van der Waals surface area contributed by atoms with Gasteiger partial charge in [0.05, 0.1) is 23.9 Å². The Morgan fingerprint density at radius 3 is 2.62 bits per heavy atom. The van der Waals surface area contributed by atoms with Crippen molar-refractivity contribution < 1.29 is 9.53 Å². The molecule has 1 aliphatic heterocycles. The molecule has 1 aliphatic rings. The molecule has 1 heterocycles. The Kier molecular flexibility index (Phi) is 5.07. The van der Waals surface area contributed by atoms with Crippen LogP contribution >= 0.6 is 11.8 Å². The van der Waals surface area contributed by atoms with Crippen LogP contribution < -0.4 is 0 Å². The average Bonchev–Trinajstić information content (AvgIpc) is 2.49. The first-order valence-corrected chi connectivity index (χ1v) is 8.11. The highest BCUT2D eigenvalue weighted by molar-refractivity contribution is 8.13. The molecule has 21 heavy (non-hydrogen) atoms. The Hall–Kier alpha value is -1.75. The van der Waals surface area contributed by atoms with Gasteiger partial charge in [-0.15, -0.1) is 0 Å². The van der Waals surface area contributed by atoms with Gasteiger partial charge in [0, 0.05) is 7.05 Å². The Morgan fingerprint density at radius 1 is 1.38 bits per heavy atom. The van der Waals surface area contributed by atoms with Gasteiger partial charge in [-0.05, 0) is 25.7 Å². The molecule has 0 amide bonds. The molecule has 1 aromatic carbocycles. The maximum Gasteiger partial charge on any atom is 0.338 e. The predicted molar refractivity (Wildman–Crippen MR) is 87.2 cm³/mol.